The molecule has 0 saturated carbocycles. The fourth-order valence-electron chi connectivity index (χ4n) is 1.54. The van der Waals surface area contributed by atoms with Gasteiger partial charge in [-0.25, -0.2) is 4.39 Å². The maximum absolute atomic E-state index is 13.6. The summed E-state index contributed by atoms with van der Waals surface area (Å²) in [7, 11) is 0. The highest BCUT2D eigenvalue weighted by molar-refractivity contribution is 6.17. The van der Waals surface area contributed by atoms with Crippen LogP contribution in [0.15, 0.2) is 36.4 Å². The van der Waals surface area contributed by atoms with Crippen molar-refractivity contribution < 1.29 is 13.9 Å². The van der Waals surface area contributed by atoms with Gasteiger partial charge >= 0.3 is 0 Å². The number of halogens is 3. The molecule has 0 spiro atoms. The maximum Gasteiger partial charge on any atom is 0.200 e. The van der Waals surface area contributed by atoms with E-state index in [0.29, 0.717) is 11.4 Å². The third-order valence-corrected chi connectivity index (χ3v) is 2.79. The number of hydrogen-bond acceptors (Lipinski definition) is 1. The van der Waals surface area contributed by atoms with Crippen molar-refractivity contribution in [1.29, 1.82) is 0 Å². The molecule has 0 saturated heterocycles. The van der Waals surface area contributed by atoms with Crippen LogP contribution in [0.1, 0.15) is 5.56 Å². The molecule has 2 aromatic rings. The third kappa shape index (κ3) is 2.24. The van der Waals surface area contributed by atoms with Crippen LogP contribution in [0.3, 0.4) is 0 Å². The average molecular weight is 255 g/mol. The standard InChI is InChI=1S/C13H9ClF2O/c14-7-8-1-3-9(4-2-8)10-5-6-11(17)13(16)12(10)15/h1-6,17H,7H2. The average Bonchev–Trinajstić information content (AvgIpc) is 2.36. The van der Waals surface area contributed by atoms with E-state index in [0.717, 1.165) is 11.6 Å². The third-order valence-electron chi connectivity index (χ3n) is 2.48. The molecular weight excluding hydrogens is 246 g/mol. The lowest BCUT2D eigenvalue weighted by molar-refractivity contribution is 0.408. The van der Waals surface area contributed by atoms with Crippen LogP contribution in [0.4, 0.5) is 8.78 Å². The normalized spacial score (nSPS) is 10.5. The Morgan fingerprint density at radius 1 is 0.941 bits per heavy atom. The van der Waals surface area contributed by atoms with E-state index in [9.17, 15) is 8.78 Å². The molecule has 0 bridgehead atoms. The predicted molar refractivity (Wildman–Crippen MR) is 63.0 cm³/mol. The number of benzene rings is 2. The SMILES string of the molecule is Oc1ccc(-c2ccc(CCl)cc2)c(F)c1F. The molecule has 1 nitrogen and oxygen atoms in total. The molecule has 0 aliphatic carbocycles. The van der Waals surface area contributed by atoms with Crippen molar-refractivity contribution in [1.82, 2.24) is 0 Å². The summed E-state index contributed by atoms with van der Waals surface area (Å²) in [6.45, 7) is 0. The Balaban J connectivity index is 2.49. The molecule has 0 amide bonds. The van der Waals surface area contributed by atoms with Gasteiger partial charge in [-0.3, -0.25) is 0 Å². The van der Waals surface area contributed by atoms with Crippen LogP contribution in [0.2, 0.25) is 0 Å². The second kappa shape index (κ2) is 4.72. The molecule has 0 unspecified atom stereocenters. The fraction of sp³-hybridized carbons (Fsp3) is 0.0769. The van der Waals surface area contributed by atoms with E-state index >= 15 is 0 Å². The van der Waals surface area contributed by atoms with Crippen LogP contribution >= 0.6 is 11.6 Å². The minimum Gasteiger partial charge on any atom is -0.505 e. The molecule has 88 valence electrons. The van der Waals surface area contributed by atoms with Crippen molar-refractivity contribution in [2.45, 2.75) is 5.88 Å². The van der Waals surface area contributed by atoms with Crippen molar-refractivity contribution >= 4 is 11.6 Å². The Bertz CT molecular complexity index is 538. The molecule has 1 N–H and O–H groups in total. The number of aromatic hydroxyl groups is 1. The summed E-state index contributed by atoms with van der Waals surface area (Å²) in [5.41, 5.74) is 1.55. The Hall–Kier alpha value is -1.61. The Labute approximate surface area is 102 Å². The van der Waals surface area contributed by atoms with Gasteiger partial charge in [-0.15, -0.1) is 11.6 Å². The molecule has 17 heavy (non-hydrogen) atoms. The second-order valence-electron chi connectivity index (χ2n) is 3.59. The highest BCUT2D eigenvalue weighted by atomic mass is 35.5. The largest absolute Gasteiger partial charge is 0.505 e. The first-order chi connectivity index (χ1) is 8.13. The van der Waals surface area contributed by atoms with Crippen molar-refractivity contribution in [3.05, 3.63) is 53.6 Å². The predicted octanol–water partition coefficient (Wildman–Crippen LogP) is 4.08. The van der Waals surface area contributed by atoms with Crippen molar-refractivity contribution in [3.63, 3.8) is 0 Å². The minimum absolute atomic E-state index is 0.112. The zero-order valence-corrected chi connectivity index (χ0v) is 9.51. The highest BCUT2D eigenvalue weighted by Crippen LogP contribution is 2.29. The zero-order valence-electron chi connectivity index (χ0n) is 8.75. The topological polar surface area (TPSA) is 20.2 Å². The van der Waals surface area contributed by atoms with Crippen LogP contribution in [0.5, 0.6) is 5.75 Å². The molecule has 0 aliphatic rings. The lowest BCUT2D eigenvalue weighted by atomic mass is 10.0. The van der Waals surface area contributed by atoms with E-state index in [1.165, 1.54) is 6.07 Å². The monoisotopic (exact) mass is 254 g/mol. The lowest BCUT2D eigenvalue weighted by Crippen LogP contribution is -1.90. The smallest absolute Gasteiger partial charge is 0.200 e. The summed E-state index contributed by atoms with van der Waals surface area (Å²) in [6, 6.07) is 9.27. The van der Waals surface area contributed by atoms with Crippen LogP contribution in [-0.4, -0.2) is 5.11 Å². The zero-order chi connectivity index (χ0) is 12.4. The van der Waals surface area contributed by atoms with E-state index in [1.807, 2.05) is 0 Å². The molecule has 0 radical (unpaired) electrons. The number of hydrogen-bond donors (Lipinski definition) is 1. The molecule has 0 heterocycles. The Kier molecular flexibility index (Phi) is 3.29. The summed E-state index contributed by atoms with van der Waals surface area (Å²) in [5.74, 6) is -2.61. The Morgan fingerprint density at radius 3 is 2.18 bits per heavy atom. The van der Waals surface area contributed by atoms with Crippen LogP contribution in [-0.2, 0) is 5.88 Å². The maximum atomic E-state index is 13.6. The van der Waals surface area contributed by atoms with Gasteiger partial charge < -0.3 is 5.11 Å². The van der Waals surface area contributed by atoms with Crippen molar-refractivity contribution in [2.75, 3.05) is 0 Å². The first-order valence-electron chi connectivity index (χ1n) is 4.95. The summed E-state index contributed by atoms with van der Waals surface area (Å²) in [6.07, 6.45) is 0. The van der Waals surface area contributed by atoms with Gasteiger partial charge in [0.15, 0.2) is 11.6 Å². The first kappa shape index (κ1) is 11.9. The van der Waals surface area contributed by atoms with Gasteiger partial charge in [0.2, 0.25) is 5.82 Å². The molecule has 0 aromatic heterocycles. The molecule has 0 atom stereocenters. The van der Waals surface area contributed by atoms with E-state index in [2.05, 4.69) is 0 Å². The lowest BCUT2D eigenvalue weighted by Gasteiger charge is -2.06. The molecule has 0 aliphatic heterocycles. The summed E-state index contributed by atoms with van der Waals surface area (Å²) < 4.78 is 26.7. The van der Waals surface area contributed by atoms with Gasteiger partial charge in [0.05, 0.1) is 0 Å². The van der Waals surface area contributed by atoms with Crippen LogP contribution in [0, 0.1) is 11.6 Å². The van der Waals surface area contributed by atoms with Gasteiger partial charge in [0.25, 0.3) is 0 Å². The highest BCUT2D eigenvalue weighted by Gasteiger charge is 2.13. The number of phenols is 1. The van der Waals surface area contributed by atoms with Gasteiger partial charge in [-0.2, -0.15) is 4.39 Å². The Morgan fingerprint density at radius 2 is 1.59 bits per heavy atom. The van der Waals surface area contributed by atoms with Crippen molar-refractivity contribution in [3.8, 4) is 16.9 Å². The number of alkyl halides is 1. The van der Waals surface area contributed by atoms with Crippen LogP contribution < -0.4 is 0 Å². The van der Waals surface area contributed by atoms with E-state index in [-0.39, 0.29) is 5.56 Å². The molecule has 4 heteroatoms. The van der Waals surface area contributed by atoms with Crippen molar-refractivity contribution in [2.24, 2.45) is 0 Å². The molecule has 2 rings (SSSR count). The first-order valence-corrected chi connectivity index (χ1v) is 5.49. The van der Waals surface area contributed by atoms with E-state index in [4.69, 9.17) is 16.7 Å². The molecule has 2 aromatic carbocycles. The van der Waals surface area contributed by atoms with Gasteiger partial charge in [-0.1, -0.05) is 24.3 Å². The summed E-state index contributed by atoms with van der Waals surface area (Å²) in [5, 5.41) is 9.02. The number of rotatable bonds is 2. The number of phenolic OH excluding ortho intramolecular Hbond substituents is 1. The summed E-state index contributed by atoms with van der Waals surface area (Å²) in [4.78, 5) is 0. The minimum atomic E-state index is -1.23. The second-order valence-corrected chi connectivity index (χ2v) is 3.86. The quantitative estimate of drug-likeness (QED) is 0.801. The van der Waals surface area contributed by atoms with Gasteiger partial charge in [0, 0.05) is 11.4 Å². The summed E-state index contributed by atoms with van der Waals surface area (Å²) >= 11 is 5.64. The fourth-order valence-corrected chi connectivity index (χ4v) is 1.71. The molecular formula is C13H9ClF2O. The van der Waals surface area contributed by atoms with Gasteiger partial charge in [-0.05, 0) is 23.3 Å². The van der Waals surface area contributed by atoms with Crippen LogP contribution in [0.25, 0.3) is 11.1 Å². The van der Waals surface area contributed by atoms with E-state index < -0.39 is 17.4 Å². The van der Waals surface area contributed by atoms with Gasteiger partial charge in [0.1, 0.15) is 0 Å². The molecule has 0 fully saturated rings. The van der Waals surface area contributed by atoms with E-state index in [1.54, 1.807) is 24.3 Å².